The fourth-order valence-corrected chi connectivity index (χ4v) is 1.77. The van der Waals surface area contributed by atoms with Crippen molar-refractivity contribution < 1.29 is 9.15 Å². The number of rotatable bonds is 7. The second kappa shape index (κ2) is 6.91. The van der Waals surface area contributed by atoms with Crippen molar-refractivity contribution in [2.24, 2.45) is 0 Å². The first-order valence-electron chi connectivity index (χ1n) is 6.67. The highest BCUT2D eigenvalue weighted by Gasteiger charge is 2.07. The predicted molar refractivity (Wildman–Crippen MR) is 77.3 cm³/mol. The predicted octanol–water partition coefficient (Wildman–Crippen LogP) is 2.63. The van der Waals surface area contributed by atoms with E-state index < -0.39 is 0 Å². The van der Waals surface area contributed by atoms with E-state index in [0.29, 0.717) is 18.5 Å². The Labute approximate surface area is 118 Å². The molecule has 0 unspecified atom stereocenters. The van der Waals surface area contributed by atoms with Gasteiger partial charge < -0.3 is 19.8 Å². The van der Waals surface area contributed by atoms with E-state index in [0.717, 1.165) is 30.0 Å². The highest BCUT2D eigenvalue weighted by Crippen LogP contribution is 2.23. The van der Waals surface area contributed by atoms with Crippen LogP contribution in [0.4, 0.5) is 11.7 Å². The van der Waals surface area contributed by atoms with Crippen molar-refractivity contribution in [3.8, 4) is 5.75 Å². The van der Waals surface area contributed by atoms with Gasteiger partial charge in [0.2, 0.25) is 5.89 Å². The summed E-state index contributed by atoms with van der Waals surface area (Å²) in [6, 6.07) is 6.15. The first-order valence-corrected chi connectivity index (χ1v) is 6.67. The van der Waals surface area contributed by atoms with E-state index in [1.165, 1.54) is 0 Å². The maximum absolute atomic E-state index is 5.52. The SMILES string of the molecule is CCCNCc1nnc(Nc2ccc(OC)cc2C)o1. The molecule has 0 bridgehead atoms. The van der Waals surface area contributed by atoms with Crippen LogP contribution in [0.25, 0.3) is 0 Å². The Morgan fingerprint density at radius 2 is 2.15 bits per heavy atom. The van der Waals surface area contributed by atoms with Crippen LogP contribution in [-0.4, -0.2) is 23.9 Å². The number of anilines is 2. The molecule has 1 heterocycles. The molecule has 0 atom stereocenters. The first-order chi connectivity index (χ1) is 9.72. The van der Waals surface area contributed by atoms with Crippen LogP contribution in [0.15, 0.2) is 22.6 Å². The van der Waals surface area contributed by atoms with Gasteiger partial charge in [-0.15, -0.1) is 5.10 Å². The summed E-state index contributed by atoms with van der Waals surface area (Å²) in [5, 5.41) is 14.3. The Balaban J connectivity index is 1.99. The number of ether oxygens (including phenoxy) is 1. The van der Waals surface area contributed by atoms with Crippen molar-refractivity contribution >= 4 is 11.7 Å². The van der Waals surface area contributed by atoms with E-state index >= 15 is 0 Å². The number of hydrogen-bond donors (Lipinski definition) is 2. The van der Waals surface area contributed by atoms with Gasteiger partial charge in [-0.05, 0) is 43.7 Å². The molecule has 2 aromatic rings. The van der Waals surface area contributed by atoms with Crippen LogP contribution in [0.1, 0.15) is 24.8 Å². The minimum absolute atomic E-state index is 0.395. The van der Waals surface area contributed by atoms with E-state index in [-0.39, 0.29) is 0 Å². The zero-order valence-corrected chi connectivity index (χ0v) is 12.1. The van der Waals surface area contributed by atoms with Crippen molar-refractivity contribution in [1.82, 2.24) is 15.5 Å². The van der Waals surface area contributed by atoms with Crippen molar-refractivity contribution in [3.05, 3.63) is 29.7 Å². The lowest BCUT2D eigenvalue weighted by molar-refractivity contribution is 0.414. The average Bonchev–Trinajstić information content (AvgIpc) is 2.89. The van der Waals surface area contributed by atoms with Crippen molar-refractivity contribution in [1.29, 1.82) is 0 Å². The number of methoxy groups -OCH3 is 1. The van der Waals surface area contributed by atoms with Gasteiger partial charge in [0, 0.05) is 5.69 Å². The van der Waals surface area contributed by atoms with Gasteiger partial charge in [-0.25, -0.2) is 0 Å². The Morgan fingerprint density at radius 1 is 1.30 bits per heavy atom. The fourth-order valence-electron chi connectivity index (χ4n) is 1.77. The maximum Gasteiger partial charge on any atom is 0.320 e. The minimum Gasteiger partial charge on any atom is -0.497 e. The van der Waals surface area contributed by atoms with Crippen LogP contribution < -0.4 is 15.4 Å². The van der Waals surface area contributed by atoms with Gasteiger partial charge in [0.25, 0.3) is 0 Å². The lowest BCUT2D eigenvalue weighted by Gasteiger charge is -2.07. The normalized spacial score (nSPS) is 10.6. The molecule has 6 nitrogen and oxygen atoms in total. The molecule has 1 aromatic carbocycles. The van der Waals surface area contributed by atoms with Gasteiger partial charge >= 0.3 is 6.01 Å². The summed E-state index contributed by atoms with van der Waals surface area (Å²) in [7, 11) is 1.65. The van der Waals surface area contributed by atoms with Crippen molar-refractivity contribution in [2.45, 2.75) is 26.8 Å². The van der Waals surface area contributed by atoms with Crippen molar-refractivity contribution in [3.63, 3.8) is 0 Å². The monoisotopic (exact) mass is 276 g/mol. The smallest absolute Gasteiger partial charge is 0.320 e. The molecule has 0 saturated carbocycles. The van der Waals surface area contributed by atoms with Crippen LogP contribution in [0.5, 0.6) is 5.75 Å². The molecule has 0 spiro atoms. The zero-order valence-electron chi connectivity index (χ0n) is 12.1. The van der Waals surface area contributed by atoms with Gasteiger partial charge in [-0.1, -0.05) is 12.0 Å². The number of nitrogens with zero attached hydrogens (tertiary/aromatic N) is 2. The van der Waals surface area contributed by atoms with E-state index in [9.17, 15) is 0 Å². The lowest BCUT2D eigenvalue weighted by Crippen LogP contribution is -2.13. The molecule has 0 aliphatic heterocycles. The standard InChI is InChI=1S/C14H20N4O2/c1-4-7-15-9-13-17-18-14(20-13)16-12-6-5-11(19-3)8-10(12)2/h5-6,8,15H,4,7,9H2,1-3H3,(H,16,18). The largest absolute Gasteiger partial charge is 0.497 e. The van der Waals surface area contributed by atoms with Crippen LogP contribution in [-0.2, 0) is 6.54 Å². The molecular weight excluding hydrogens is 256 g/mol. The van der Waals surface area contributed by atoms with Crippen LogP contribution in [0.2, 0.25) is 0 Å². The average molecular weight is 276 g/mol. The van der Waals surface area contributed by atoms with E-state index in [1.807, 2.05) is 25.1 Å². The summed E-state index contributed by atoms with van der Waals surface area (Å²) in [5.74, 6) is 1.40. The molecule has 0 aliphatic carbocycles. The first kappa shape index (κ1) is 14.3. The second-order valence-corrected chi connectivity index (χ2v) is 4.48. The second-order valence-electron chi connectivity index (χ2n) is 4.48. The van der Waals surface area contributed by atoms with Gasteiger partial charge in [-0.3, -0.25) is 0 Å². The summed E-state index contributed by atoms with van der Waals surface area (Å²) < 4.78 is 10.7. The number of nitrogens with one attached hydrogen (secondary N) is 2. The van der Waals surface area contributed by atoms with Crippen molar-refractivity contribution in [2.75, 3.05) is 19.0 Å². The molecule has 0 aliphatic rings. The quantitative estimate of drug-likeness (QED) is 0.757. The topological polar surface area (TPSA) is 72.2 Å². The number of aromatic nitrogens is 2. The Kier molecular flexibility index (Phi) is 4.95. The third kappa shape index (κ3) is 3.71. The fraction of sp³-hybridized carbons (Fsp3) is 0.429. The molecule has 6 heteroatoms. The van der Waals surface area contributed by atoms with Gasteiger partial charge in [0.1, 0.15) is 5.75 Å². The van der Waals surface area contributed by atoms with Crippen LogP contribution >= 0.6 is 0 Å². The third-order valence-electron chi connectivity index (χ3n) is 2.85. The molecule has 0 radical (unpaired) electrons. The third-order valence-corrected chi connectivity index (χ3v) is 2.85. The van der Waals surface area contributed by atoms with E-state index in [1.54, 1.807) is 7.11 Å². The molecule has 2 N–H and O–H groups in total. The van der Waals surface area contributed by atoms with Gasteiger partial charge in [0.15, 0.2) is 0 Å². The molecule has 0 saturated heterocycles. The summed E-state index contributed by atoms with van der Waals surface area (Å²) in [4.78, 5) is 0. The summed E-state index contributed by atoms with van der Waals surface area (Å²) in [6.07, 6.45) is 1.07. The Hall–Kier alpha value is -2.08. The maximum atomic E-state index is 5.52. The van der Waals surface area contributed by atoms with E-state index in [2.05, 4.69) is 27.8 Å². The van der Waals surface area contributed by atoms with Crippen LogP contribution in [0.3, 0.4) is 0 Å². The molecule has 20 heavy (non-hydrogen) atoms. The summed E-state index contributed by atoms with van der Waals surface area (Å²) in [6.45, 7) is 5.62. The van der Waals surface area contributed by atoms with Gasteiger partial charge in [-0.2, -0.15) is 0 Å². The molecular formula is C14H20N4O2. The Morgan fingerprint density at radius 3 is 2.85 bits per heavy atom. The van der Waals surface area contributed by atoms with E-state index in [4.69, 9.17) is 9.15 Å². The zero-order chi connectivity index (χ0) is 14.4. The Bertz CT molecular complexity index is 554. The van der Waals surface area contributed by atoms with Crippen LogP contribution in [0, 0.1) is 6.92 Å². The minimum atomic E-state index is 0.395. The molecule has 1 aromatic heterocycles. The molecule has 0 amide bonds. The molecule has 2 rings (SSSR count). The summed E-state index contributed by atoms with van der Waals surface area (Å²) in [5.41, 5.74) is 1.97. The number of aryl methyl sites for hydroxylation is 1. The highest BCUT2D eigenvalue weighted by atomic mass is 16.5. The molecule has 108 valence electrons. The van der Waals surface area contributed by atoms with Gasteiger partial charge in [0.05, 0.1) is 13.7 Å². The summed E-state index contributed by atoms with van der Waals surface area (Å²) >= 11 is 0. The highest BCUT2D eigenvalue weighted by molar-refractivity contribution is 5.58. The number of benzene rings is 1. The molecule has 0 fully saturated rings. The lowest BCUT2D eigenvalue weighted by atomic mass is 10.2. The number of hydrogen-bond acceptors (Lipinski definition) is 6.